The number of carbonyl (C=O) groups is 1. The van der Waals surface area contributed by atoms with Crippen LogP contribution in [-0.2, 0) is 4.79 Å². The van der Waals surface area contributed by atoms with Gasteiger partial charge in [0.25, 0.3) is 0 Å². The molecule has 0 fully saturated rings. The summed E-state index contributed by atoms with van der Waals surface area (Å²) in [5, 5.41) is 14.1. The molecule has 17 heavy (non-hydrogen) atoms. The zero-order chi connectivity index (χ0) is 12.0. The zero-order valence-electron chi connectivity index (χ0n) is 10.4. The van der Waals surface area contributed by atoms with Crippen LogP contribution in [0.4, 0.5) is 0 Å². The molecule has 0 amide bonds. The van der Waals surface area contributed by atoms with Crippen molar-refractivity contribution in [3.05, 3.63) is 35.9 Å². The summed E-state index contributed by atoms with van der Waals surface area (Å²) in [6, 6.07) is 9.97. The van der Waals surface area contributed by atoms with Crippen molar-refractivity contribution in [3.8, 4) is 0 Å². The van der Waals surface area contributed by atoms with Crippen molar-refractivity contribution in [2.75, 3.05) is 6.54 Å². The van der Waals surface area contributed by atoms with Crippen LogP contribution in [0.1, 0.15) is 25.3 Å². The minimum absolute atomic E-state index is 0. The van der Waals surface area contributed by atoms with Gasteiger partial charge in [0, 0.05) is 12.5 Å². The fraction of sp³-hybridized carbons (Fsp3) is 0.333. The second-order valence-electron chi connectivity index (χ2n) is 3.66. The van der Waals surface area contributed by atoms with E-state index in [1.807, 2.05) is 37.3 Å². The van der Waals surface area contributed by atoms with Gasteiger partial charge >= 0.3 is 29.6 Å². The summed E-state index contributed by atoms with van der Waals surface area (Å²) < 4.78 is 0. The van der Waals surface area contributed by atoms with E-state index in [0.29, 0.717) is 6.54 Å². The Morgan fingerprint density at radius 2 is 2.00 bits per heavy atom. The van der Waals surface area contributed by atoms with E-state index in [1.54, 1.807) is 0 Å². The predicted octanol–water partition coefficient (Wildman–Crippen LogP) is -2.49. The van der Waals surface area contributed by atoms with E-state index < -0.39 is 5.97 Å². The number of nitrogens with zero attached hydrogens (tertiary/aromatic N) is 1. The van der Waals surface area contributed by atoms with Gasteiger partial charge in [0.1, 0.15) is 0 Å². The molecule has 0 bridgehead atoms. The van der Waals surface area contributed by atoms with Gasteiger partial charge in [-0.05, 0) is 12.5 Å². The molecular formula is C12H15N2NaO2. The molecule has 0 aliphatic heterocycles. The number of nitrogens with one attached hydrogen (secondary N) is 1. The molecule has 1 N–H and O–H groups in total. The van der Waals surface area contributed by atoms with Gasteiger partial charge in [0.05, 0.1) is 11.7 Å². The minimum atomic E-state index is -1.25. The van der Waals surface area contributed by atoms with Crippen LogP contribution in [0.25, 0.3) is 0 Å². The Morgan fingerprint density at radius 1 is 1.41 bits per heavy atom. The quantitative estimate of drug-likeness (QED) is 0.353. The van der Waals surface area contributed by atoms with Crippen LogP contribution in [0.5, 0.6) is 0 Å². The van der Waals surface area contributed by atoms with Gasteiger partial charge in [0.2, 0.25) is 0 Å². The first kappa shape index (κ1) is 16.2. The van der Waals surface area contributed by atoms with Crippen LogP contribution in [0, 0.1) is 0 Å². The van der Waals surface area contributed by atoms with Crippen LogP contribution in [0.3, 0.4) is 0 Å². The van der Waals surface area contributed by atoms with Crippen molar-refractivity contribution in [2.45, 2.75) is 19.8 Å². The first-order valence-electron chi connectivity index (χ1n) is 5.14. The van der Waals surface area contributed by atoms with Crippen LogP contribution in [-0.4, -0.2) is 18.2 Å². The van der Waals surface area contributed by atoms with Gasteiger partial charge < -0.3 is 15.3 Å². The van der Waals surface area contributed by atoms with Crippen molar-refractivity contribution >= 4 is 11.7 Å². The largest absolute Gasteiger partial charge is 1.00 e. The van der Waals surface area contributed by atoms with Gasteiger partial charge in [-0.2, -0.15) is 5.10 Å². The molecule has 0 heterocycles. The molecule has 86 valence electrons. The maximum atomic E-state index is 10.4. The molecule has 0 saturated heterocycles. The Labute approximate surface area is 123 Å². The van der Waals surface area contributed by atoms with E-state index >= 15 is 0 Å². The maximum absolute atomic E-state index is 10.4. The summed E-state index contributed by atoms with van der Waals surface area (Å²) in [6.45, 7) is 4.04. The summed E-state index contributed by atoms with van der Waals surface area (Å²) in [5.41, 5.74) is 3.88. The summed E-state index contributed by atoms with van der Waals surface area (Å²) in [7, 11) is 0. The van der Waals surface area contributed by atoms with E-state index in [4.69, 9.17) is 0 Å². The molecule has 1 aromatic carbocycles. The number of aliphatic carboxylic acids is 1. The standard InChI is InChI=1S/C12H16N2O2.Na/c1-9(11-6-4-3-5-7-11)8-13-14-10(2)12(15)16;/h3-7,9,13H,8H2,1-2H3,(H,15,16);/q;+1/p-1. The fourth-order valence-electron chi connectivity index (χ4n) is 1.25. The van der Waals surface area contributed by atoms with E-state index in [-0.39, 0.29) is 41.2 Å². The van der Waals surface area contributed by atoms with Gasteiger partial charge in [0.15, 0.2) is 0 Å². The molecule has 1 rings (SSSR count). The number of hydrazone groups is 1. The zero-order valence-corrected chi connectivity index (χ0v) is 12.4. The van der Waals surface area contributed by atoms with Gasteiger partial charge in [-0.1, -0.05) is 37.3 Å². The number of carboxylic acid groups (broad SMARTS) is 1. The van der Waals surface area contributed by atoms with Crippen LogP contribution < -0.4 is 40.1 Å². The van der Waals surface area contributed by atoms with E-state index in [2.05, 4.69) is 10.5 Å². The fourth-order valence-corrected chi connectivity index (χ4v) is 1.25. The molecule has 1 atom stereocenters. The van der Waals surface area contributed by atoms with Crippen LogP contribution in [0.15, 0.2) is 35.4 Å². The smallest absolute Gasteiger partial charge is 0.543 e. The number of hydrogen-bond donors (Lipinski definition) is 1. The molecule has 1 aromatic rings. The Bertz CT molecular complexity index is 379. The maximum Gasteiger partial charge on any atom is 1.00 e. The second kappa shape index (κ2) is 8.28. The van der Waals surface area contributed by atoms with Crippen molar-refractivity contribution in [1.29, 1.82) is 0 Å². The number of benzene rings is 1. The predicted molar refractivity (Wildman–Crippen MR) is 61.0 cm³/mol. The molecule has 0 spiro atoms. The average Bonchev–Trinajstić information content (AvgIpc) is 2.29. The Morgan fingerprint density at radius 3 is 2.53 bits per heavy atom. The van der Waals surface area contributed by atoms with Crippen LogP contribution >= 0.6 is 0 Å². The third kappa shape index (κ3) is 5.86. The summed E-state index contributed by atoms with van der Waals surface area (Å²) in [5.74, 6) is -0.973. The van der Waals surface area contributed by atoms with Gasteiger partial charge in [-0.15, -0.1) is 0 Å². The summed E-state index contributed by atoms with van der Waals surface area (Å²) >= 11 is 0. The van der Waals surface area contributed by atoms with Crippen LogP contribution in [0.2, 0.25) is 0 Å². The topological polar surface area (TPSA) is 64.5 Å². The first-order chi connectivity index (χ1) is 7.61. The van der Waals surface area contributed by atoms with E-state index in [0.717, 1.165) is 0 Å². The first-order valence-corrected chi connectivity index (χ1v) is 5.14. The normalized spacial score (nSPS) is 12.5. The molecular weight excluding hydrogens is 227 g/mol. The molecule has 5 heteroatoms. The monoisotopic (exact) mass is 242 g/mol. The molecule has 0 saturated carbocycles. The molecule has 0 aromatic heterocycles. The second-order valence-corrected chi connectivity index (χ2v) is 3.66. The molecule has 0 radical (unpaired) electrons. The number of hydrogen-bond acceptors (Lipinski definition) is 4. The van der Waals surface area contributed by atoms with Crippen molar-refractivity contribution in [1.82, 2.24) is 5.43 Å². The van der Waals surface area contributed by atoms with Crippen molar-refractivity contribution in [2.24, 2.45) is 5.10 Å². The molecule has 0 aliphatic carbocycles. The van der Waals surface area contributed by atoms with E-state index in [9.17, 15) is 9.90 Å². The summed E-state index contributed by atoms with van der Waals surface area (Å²) in [6.07, 6.45) is 0. The third-order valence-electron chi connectivity index (χ3n) is 2.31. The van der Waals surface area contributed by atoms with Gasteiger partial charge in [-0.3, -0.25) is 0 Å². The minimum Gasteiger partial charge on any atom is -0.543 e. The van der Waals surface area contributed by atoms with Crippen molar-refractivity contribution in [3.63, 3.8) is 0 Å². The van der Waals surface area contributed by atoms with Crippen molar-refractivity contribution < 1.29 is 39.5 Å². The third-order valence-corrected chi connectivity index (χ3v) is 2.31. The Balaban J connectivity index is 0.00000256. The molecule has 0 aliphatic rings. The molecule has 4 nitrogen and oxygen atoms in total. The summed E-state index contributed by atoms with van der Waals surface area (Å²) in [4.78, 5) is 10.4. The molecule has 1 unspecified atom stereocenters. The average molecular weight is 242 g/mol. The number of carboxylic acids is 1. The van der Waals surface area contributed by atoms with E-state index in [1.165, 1.54) is 12.5 Å². The number of rotatable bonds is 5. The Hall–Kier alpha value is -0.840. The Kier molecular flexibility index (Phi) is 7.87. The van der Waals surface area contributed by atoms with Gasteiger partial charge in [-0.25, -0.2) is 0 Å². The number of carbonyl (C=O) groups excluding carboxylic acids is 1. The SMILES string of the molecule is CC(=NNCC(C)c1ccccc1)C(=O)[O-].[Na+].